The van der Waals surface area contributed by atoms with Crippen molar-refractivity contribution in [2.24, 2.45) is 16.8 Å². The average Bonchev–Trinajstić information content (AvgIpc) is 2.68. The number of likely N-dealkylation sites (tertiary alicyclic amines) is 1. The Morgan fingerprint density at radius 3 is 2.58 bits per heavy atom. The van der Waals surface area contributed by atoms with Crippen LogP contribution in [0.15, 0.2) is 5.10 Å². The van der Waals surface area contributed by atoms with Gasteiger partial charge in [-0.1, -0.05) is 6.92 Å². The largest absolute Gasteiger partial charge is 0.464 e. The normalized spacial score (nSPS) is 19.9. The lowest BCUT2D eigenvalue weighted by Gasteiger charge is -2.38. The van der Waals surface area contributed by atoms with Crippen molar-refractivity contribution in [2.45, 2.75) is 78.0 Å². The molecule has 4 N–H and O–H groups in total. The van der Waals surface area contributed by atoms with E-state index >= 15 is 0 Å². The van der Waals surface area contributed by atoms with Gasteiger partial charge in [0.05, 0.1) is 6.61 Å². The fraction of sp³-hybridized carbons (Fsp3) is 0.800. The van der Waals surface area contributed by atoms with E-state index in [4.69, 9.17) is 15.2 Å². The minimum atomic E-state index is -0.972. The first-order chi connectivity index (χ1) is 15.3. The zero-order valence-corrected chi connectivity index (χ0v) is 20.0. The zero-order valence-electron chi connectivity index (χ0n) is 20.0. The maximum absolute atomic E-state index is 13.4. The molecule has 2 amide bonds. The number of guanidine groups is 1. The van der Waals surface area contributed by atoms with E-state index in [2.05, 4.69) is 15.7 Å². The van der Waals surface area contributed by atoms with Crippen LogP contribution in [0.4, 0.5) is 4.79 Å². The molecule has 1 fully saturated rings. The molecule has 13 heteroatoms. The van der Waals surface area contributed by atoms with Crippen molar-refractivity contribution in [3.05, 3.63) is 10.1 Å². The molecule has 33 heavy (non-hydrogen) atoms. The van der Waals surface area contributed by atoms with Crippen molar-refractivity contribution < 1.29 is 28.9 Å². The fourth-order valence-corrected chi connectivity index (χ4v) is 3.42. The number of carbonyl (C=O) groups excluding carboxylic acids is 3. The summed E-state index contributed by atoms with van der Waals surface area (Å²) < 4.78 is 10.4. The number of amides is 2. The quantitative estimate of drug-likeness (QED) is 0.110. The predicted molar refractivity (Wildman–Crippen MR) is 120 cm³/mol. The second-order valence-electron chi connectivity index (χ2n) is 8.92. The van der Waals surface area contributed by atoms with E-state index in [1.54, 1.807) is 27.7 Å². The first kappa shape index (κ1) is 27.9. The second-order valence-corrected chi connectivity index (χ2v) is 8.92. The highest BCUT2D eigenvalue weighted by atomic mass is 16.7. The van der Waals surface area contributed by atoms with Crippen LogP contribution in [0.5, 0.6) is 0 Å². The monoisotopic (exact) mass is 472 g/mol. The van der Waals surface area contributed by atoms with Crippen molar-refractivity contribution >= 4 is 23.9 Å². The van der Waals surface area contributed by atoms with Crippen LogP contribution >= 0.6 is 0 Å². The SMILES string of the molecule is CCOC(=O)C1C[C@H](C)CCN1C(=O)C(CCCN/C(N)=N\[N+](=O)[O-])NC(=O)OC(C)(C)C. The molecule has 0 bridgehead atoms. The average molecular weight is 473 g/mol. The van der Waals surface area contributed by atoms with E-state index in [-0.39, 0.29) is 31.4 Å². The van der Waals surface area contributed by atoms with Crippen LogP contribution < -0.4 is 16.4 Å². The van der Waals surface area contributed by atoms with Crippen molar-refractivity contribution in [3.8, 4) is 0 Å². The third kappa shape index (κ3) is 10.4. The Labute approximate surface area is 193 Å². The number of nitrogens with zero attached hydrogens (tertiary/aromatic N) is 3. The maximum Gasteiger partial charge on any atom is 0.408 e. The Kier molecular flexibility index (Phi) is 10.8. The fourth-order valence-electron chi connectivity index (χ4n) is 3.42. The first-order valence-electron chi connectivity index (χ1n) is 11.0. The zero-order chi connectivity index (χ0) is 25.2. The Bertz CT molecular complexity index is 737. The van der Waals surface area contributed by atoms with Crippen molar-refractivity contribution in [3.63, 3.8) is 0 Å². The second kappa shape index (κ2) is 12.8. The number of alkyl carbamates (subject to hydrolysis) is 1. The molecule has 188 valence electrons. The summed E-state index contributed by atoms with van der Waals surface area (Å²) in [5, 5.41) is 17.5. The van der Waals surface area contributed by atoms with Gasteiger partial charge in [0.15, 0.2) is 5.03 Å². The van der Waals surface area contributed by atoms with Crippen LogP contribution in [0.1, 0.15) is 60.3 Å². The molecule has 13 nitrogen and oxygen atoms in total. The molecule has 3 atom stereocenters. The molecule has 1 saturated heterocycles. The van der Waals surface area contributed by atoms with Crippen molar-refractivity contribution in [1.29, 1.82) is 0 Å². The number of hydrogen-bond acceptors (Lipinski definition) is 7. The molecule has 0 aliphatic carbocycles. The molecule has 0 radical (unpaired) electrons. The van der Waals surface area contributed by atoms with Gasteiger partial charge in [0, 0.05) is 13.1 Å². The highest BCUT2D eigenvalue weighted by molar-refractivity contribution is 5.90. The third-order valence-corrected chi connectivity index (χ3v) is 4.86. The predicted octanol–water partition coefficient (Wildman–Crippen LogP) is 0.946. The molecule has 1 aliphatic heterocycles. The van der Waals surface area contributed by atoms with E-state index in [0.717, 1.165) is 6.42 Å². The van der Waals surface area contributed by atoms with E-state index in [0.29, 0.717) is 19.4 Å². The molecule has 2 unspecified atom stereocenters. The van der Waals surface area contributed by atoms with Gasteiger partial charge in [-0.2, -0.15) is 0 Å². The van der Waals surface area contributed by atoms with Crippen LogP contribution in [0, 0.1) is 16.0 Å². The number of esters is 1. The molecule has 1 rings (SSSR count). The number of nitro groups is 1. The number of hydrazone groups is 1. The van der Waals surface area contributed by atoms with Crippen LogP contribution in [0.3, 0.4) is 0 Å². The molecule has 0 saturated carbocycles. The van der Waals surface area contributed by atoms with Gasteiger partial charge in [-0.05, 0) is 59.3 Å². The topological polar surface area (TPSA) is 178 Å². The van der Waals surface area contributed by atoms with Gasteiger partial charge in [0.2, 0.25) is 5.91 Å². The molecule has 1 aliphatic rings. The standard InChI is InChI=1S/C20H36N6O7/c1-6-32-17(28)15-12-13(2)9-11-25(15)16(27)14(23-19(29)33-20(3,4)5)8-7-10-22-18(21)24-26(30)31/h13-15H,6-12H2,1-5H3,(H,23,29)(H3,21,22,24)/t13-,14?,15?/m1/s1. The molecule has 1 heterocycles. The lowest BCUT2D eigenvalue weighted by molar-refractivity contribution is -0.485. The van der Waals surface area contributed by atoms with Gasteiger partial charge in [-0.25, -0.2) is 19.7 Å². The Hall–Kier alpha value is -3.12. The van der Waals surface area contributed by atoms with Crippen LogP contribution in [0.2, 0.25) is 0 Å². The van der Waals surface area contributed by atoms with Crippen LogP contribution in [0.25, 0.3) is 0 Å². The van der Waals surface area contributed by atoms with E-state index < -0.39 is 40.7 Å². The van der Waals surface area contributed by atoms with Gasteiger partial charge in [0.1, 0.15) is 22.8 Å². The molecular weight excluding hydrogens is 436 g/mol. The van der Waals surface area contributed by atoms with Crippen molar-refractivity contribution in [1.82, 2.24) is 15.5 Å². The van der Waals surface area contributed by atoms with Gasteiger partial charge >= 0.3 is 12.1 Å². The summed E-state index contributed by atoms with van der Waals surface area (Å²) in [5.74, 6) is -1.01. The lowest BCUT2D eigenvalue weighted by Crippen LogP contribution is -2.57. The Morgan fingerprint density at radius 1 is 1.33 bits per heavy atom. The number of piperidine rings is 1. The summed E-state index contributed by atoms with van der Waals surface area (Å²) >= 11 is 0. The minimum Gasteiger partial charge on any atom is -0.464 e. The molecule has 0 aromatic rings. The molecule has 0 aromatic carbocycles. The van der Waals surface area contributed by atoms with E-state index in [9.17, 15) is 24.5 Å². The number of hydrogen-bond donors (Lipinski definition) is 3. The number of nitrogens with two attached hydrogens (primary N) is 1. The van der Waals surface area contributed by atoms with E-state index in [1.165, 1.54) is 4.90 Å². The summed E-state index contributed by atoms with van der Waals surface area (Å²) in [7, 11) is 0. The number of rotatable bonds is 9. The van der Waals surface area contributed by atoms with Gasteiger partial charge in [-0.3, -0.25) is 4.79 Å². The highest BCUT2D eigenvalue weighted by Gasteiger charge is 2.39. The summed E-state index contributed by atoms with van der Waals surface area (Å²) in [6.45, 7) is 9.55. The molecule has 0 aromatic heterocycles. The van der Waals surface area contributed by atoms with Crippen molar-refractivity contribution in [2.75, 3.05) is 19.7 Å². The summed E-state index contributed by atoms with van der Waals surface area (Å²) in [5.41, 5.74) is 4.63. The Morgan fingerprint density at radius 2 is 2.00 bits per heavy atom. The molecule has 0 spiro atoms. The summed E-state index contributed by atoms with van der Waals surface area (Å²) in [4.78, 5) is 50.1. The van der Waals surface area contributed by atoms with Gasteiger partial charge in [0.25, 0.3) is 5.96 Å². The van der Waals surface area contributed by atoms with Crippen LogP contribution in [-0.4, -0.2) is 71.2 Å². The number of nitrogens with one attached hydrogen (secondary N) is 2. The third-order valence-electron chi connectivity index (χ3n) is 4.86. The smallest absolute Gasteiger partial charge is 0.408 e. The summed E-state index contributed by atoms with van der Waals surface area (Å²) in [6, 6.07) is -1.70. The summed E-state index contributed by atoms with van der Waals surface area (Å²) in [6.07, 6.45) is 0.934. The van der Waals surface area contributed by atoms with Gasteiger partial charge in [-0.15, -0.1) is 0 Å². The maximum atomic E-state index is 13.4. The first-order valence-corrected chi connectivity index (χ1v) is 11.0. The van der Waals surface area contributed by atoms with Gasteiger partial charge < -0.3 is 30.7 Å². The number of ether oxygens (including phenoxy) is 2. The Balaban J connectivity index is 2.94. The lowest BCUT2D eigenvalue weighted by atomic mass is 9.91. The number of carbonyl (C=O) groups is 3. The van der Waals surface area contributed by atoms with E-state index in [1.807, 2.05) is 6.92 Å². The highest BCUT2D eigenvalue weighted by Crippen LogP contribution is 2.25. The minimum absolute atomic E-state index is 0.179. The van der Waals surface area contributed by atoms with Crippen LogP contribution in [-0.2, 0) is 19.1 Å². The molecular formula is C20H36N6O7.